The number of benzene rings is 8. The molecule has 208 valence electrons. The van der Waals surface area contributed by atoms with Crippen LogP contribution in [0.3, 0.4) is 0 Å². The van der Waals surface area contributed by atoms with Crippen LogP contribution in [0.5, 0.6) is 0 Å². The van der Waals surface area contributed by atoms with Gasteiger partial charge in [-0.3, -0.25) is 0 Å². The first-order valence-electron chi connectivity index (χ1n) is 15.5. The van der Waals surface area contributed by atoms with Crippen LogP contribution in [0, 0.1) is 0 Å². The van der Waals surface area contributed by atoms with Crippen molar-refractivity contribution in [3.05, 3.63) is 120 Å². The summed E-state index contributed by atoms with van der Waals surface area (Å²) >= 11 is 0. The van der Waals surface area contributed by atoms with E-state index in [2.05, 4.69) is 109 Å². The summed E-state index contributed by atoms with van der Waals surface area (Å²) in [6, 6.07) is 40.3. The van der Waals surface area contributed by atoms with Crippen molar-refractivity contribution in [2.24, 2.45) is 11.5 Å². The van der Waals surface area contributed by atoms with Crippen LogP contribution < -0.4 is 11.5 Å². The zero-order valence-electron chi connectivity index (χ0n) is 24.2. The lowest BCUT2D eigenvalue weighted by atomic mass is 9.90. The van der Waals surface area contributed by atoms with Gasteiger partial charge in [-0.25, -0.2) is 0 Å². The van der Waals surface area contributed by atoms with E-state index in [0.717, 1.165) is 38.8 Å². The second-order valence-electron chi connectivity index (χ2n) is 11.7. The number of hydrogen-bond donors (Lipinski definition) is 2. The third-order valence-electron chi connectivity index (χ3n) is 9.04. The summed E-state index contributed by atoms with van der Waals surface area (Å²) in [6.07, 6.45) is 6.77. The van der Waals surface area contributed by atoms with Crippen LogP contribution in [-0.4, -0.2) is 13.1 Å². The Hall–Kier alpha value is -4.24. The molecule has 0 radical (unpaired) electrons. The molecule has 0 saturated carbocycles. The smallest absolute Gasteiger partial charge is 0.00240 e. The first-order chi connectivity index (χ1) is 20.8. The molecule has 2 heteroatoms. The monoisotopic (exact) mass is 546 g/mol. The second-order valence-corrected chi connectivity index (χ2v) is 11.7. The number of nitrogens with two attached hydrogens (primary N) is 2. The van der Waals surface area contributed by atoms with Crippen LogP contribution >= 0.6 is 0 Å². The molecule has 0 spiro atoms. The minimum Gasteiger partial charge on any atom is -0.330 e. The van der Waals surface area contributed by atoms with Gasteiger partial charge in [-0.1, -0.05) is 109 Å². The van der Waals surface area contributed by atoms with Gasteiger partial charge in [-0.15, -0.1) is 0 Å². The van der Waals surface area contributed by atoms with Crippen molar-refractivity contribution in [1.82, 2.24) is 0 Å². The maximum atomic E-state index is 5.62. The van der Waals surface area contributed by atoms with Crippen LogP contribution in [-0.2, 0) is 12.8 Å². The Bertz CT molecular complexity index is 1940. The molecule has 2 nitrogen and oxygen atoms in total. The first-order valence-corrected chi connectivity index (χ1v) is 15.5. The summed E-state index contributed by atoms with van der Waals surface area (Å²) in [7, 11) is 0. The van der Waals surface area contributed by atoms with Crippen molar-refractivity contribution in [2.75, 3.05) is 13.1 Å². The van der Waals surface area contributed by atoms with E-state index >= 15 is 0 Å². The standard InChI is InChI=1S/2C20H19N/c2*21-13-2-1-4-14-7-8-17-10-9-15-5-3-6-16-11-12-18(14)20(17)19(15)16/h2*3,5-12H,1-2,4,13,21H2. The molecule has 8 aromatic rings. The van der Waals surface area contributed by atoms with Gasteiger partial charge >= 0.3 is 0 Å². The molecule has 0 aromatic heterocycles. The van der Waals surface area contributed by atoms with E-state index < -0.39 is 0 Å². The maximum Gasteiger partial charge on any atom is -0.00240 e. The normalized spacial score (nSPS) is 11.9. The van der Waals surface area contributed by atoms with Crippen molar-refractivity contribution >= 4 is 64.6 Å². The van der Waals surface area contributed by atoms with Crippen molar-refractivity contribution < 1.29 is 0 Å². The summed E-state index contributed by atoms with van der Waals surface area (Å²) in [4.78, 5) is 0. The summed E-state index contributed by atoms with van der Waals surface area (Å²) in [5, 5.41) is 16.5. The van der Waals surface area contributed by atoms with Crippen LogP contribution in [0.1, 0.15) is 36.8 Å². The average Bonchev–Trinajstić information content (AvgIpc) is 3.04. The Kier molecular flexibility index (Phi) is 7.34. The van der Waals surface area contributed by atoms with Crippen LogP contribution in [0.4, 0.5) is 0 Å². The molecule has 8 rings (SSSR count). The van der Waals surface area contributed by atoms with Gasteiger partial charge < -0.3 is 11.5 Å². The lowest BCUT2D eigenvalue weighted by Crippen LogP contribution is -1.99. The third-order valence-corrected chi connectivity index (χ3v) is 9.04. The first kappa shape index (κ1) is 26.6. The van der Waals surface area contributed by atoms with E-state index in [1.54, 1.807) is 0 Å². The van der Waals surface area contributed by atoms with Crippen LogP contribution in [0.15, 0.2) is 109 Å². The lowest BCUT2D eigenvalue weighted by Gasteiger charge is -2.13. The fourth-order valence-electron chi connectivity index (χ4n) is 6.95. The van der Waals surface area contributed by atoms with Crippen molar-refractivity contribution in [3.63, 3.8) is 0 Å². The van der Waals surface area contributed by atoms with E-state index in [1.165, 1.54) is 88.6 Å². The highest BCUT2D eigenvalue weighted by Gasteiger charge is 2.11. The Morgan fingerprint density at radius 1 is 0.333 bits per heavy atom. The second kappa shape index (κ2) is 11.6. The molecule has 4 N–H and O–H groups in total. The lowest BCUT2D eigenvalue weighted by molar-refractivity contribution is 0.747. The topological polar surface area (TPSA) is 52.0 Å². The van der Waals surface area contributed by atoms with Crippen LogP contribution in [0.2, 0.25) is 0 Å². The molecule has 0 unspecified atom stereocenters. The Balaban J connectivity index is 0.000000137. The van der Waals surface area contributed by atoms with Gasteiger partial charge in [0.15, 0.2) is 0 Å². The summed E-state index contributed by atoms with van der Waals surface area (Å²) < 4.78 is 0. The number of unbranched alkanes of at least 4 members (excludes halogenated alkanes) is 2. The minimum atomic E-state index is 0.784. The van der Waals surface area contributed by atoms with Crippen molar-refractivity contribution in [3.8, 4) is 0 Å². The molecule has 0 aliphatic carbocycles. The molecule has 0 saturated heterocycles. The largest absolute Gasteiger partial charge is 0.330 e. The van der Waals surface area contributed by atoms with E-state index in [-0.39, 0.29) is 0 Å². The quantitative estimate of drug-likeness (QED) is 0.147. The Morgan fingerprint density at radius 3 is 1.05 bits per heavy atom. The molecule has 8 aromatic carbocycles. The molecular weight excluding hydrogens is 508 g/mol. The van der Waals surface area contributed by atoms with E-state index in [4.69, 9.17) is 11.5 Å². The molecule has 0 fully saturated rings. The maximum absolute atomic E-state index is 5.62. The van der Waals surface area contributed by atoms with Gasteiger partial charge in [0, 0.05) is 0 Å². The molecule has 0 atom stereocenters. The average molecular weight is 547 g/mol. The highest BCUT2D eigenvalue weighted by Crippen LogP contribution is 2.37. The Morgan fingerprint density at radius 2 is 0.667 bits per heavy atom. The molecule has 0 amide bonds. The molecule has 0 aliphatic rings. The molecule has 0 aliphatic heterocycles. The van der Waals surface area contributed by atoms with Gasteiger partial charge in [0.05, 0.1) is 0 Å². The highest BCUT2D eigenvalue weighted by atomic mass is 14.5. The SMILES string of the molecule is NCCCCc1ccc2ccc3cccc4ccc1c2c34.NCCCCc1ccc2ccc3cccc4ccc1c2c34. The third kappa shape index (κ3) is 4.71. The number of hydrogen-bond acceptors (Lipinski definition) is 2. The predicted octanol–water partition coefficient (Wildman–Crippen LogP) is 9.73. The minimum absolute atomic E-state index is 0.784. The molecule has 0 bridgehead atoms. The van der Waals surface area contributed by atoms with E-state index in [1.807, 2.05) is 0 Å². The Labute approximate surface area is 247 Å². The van der Waals surface area contributed by atoms with E-state index in [9.17, 15) is 0 Å². The zero-order chi connectivity index (χ0) is 28.5. The zero-order valence-corrected chi connectivity index (χ0v) is 24.2. The molecule has 0 heterocycles. The van der Waals surface area contributed by atoms with Crippen LogP contribution in [0.25, 0.3) is 64.6 Å². The molecular formula is C40H38N2. The van der Waals surface area contributed by atoms with Crippen molar-refractivity contribution in [2.45, 2.75) is 38.5 Å². The number of rotatable bonds is 8. The molecule has 42 heavy (non-hydrogen) atoms. The predicted molar refractivity (Wildman–Crippen MR) is 184 cm³/mol. The van der Waals surface area contributed by atoms with Gasteiger partial charge in [-0.2, -0.15) is 0 Å². The highest BCUT2D eigenvalue weighted by molar-refractivity contribution is 6.24. The van der Waals surface area contributed by atoms with Gasteiger partial charge in [0.1, 0.15) is 0 Å². The fraction of sp³-hybridized carbons (Fsp3) is 0.200. The summed E-state index contributed by atoms with van der Waals surface area (Å²) in [5.74, 6) is 0. The summed E-state index contributed by atoms with van der Waals surface area (Å²) in [6.45, 7) is 1.57. The number of aryl methyl sites for hydroxylation is 2. The van der Waals surface area contributed by atoms with Gasteiger partial charge in [-0.05, 0) is 127 Å². The van der Waals surface area contributed by atoms with E-state index in [0.29, 0.717) is 0 Å². The van der Waals surface area contributed by atoms with Gasteiger partial charge in [0.25, 0.3) is 0 Å². The van der Waals surface area contributed by atoms with Gasteiger partial charge in [0.2, 0.25) is 0 Å². The summed E-state index contributed by atoms with van der Waals surface area (Å²) in [5.41, 5.74) is 14.2. The fourth-order valence-corrected chi connectivity index (χ4v) is 6.95. The van der Waals surface area contributed by atoms with Crippen molar-refractivity contribution in [1.29, 1.82) is 0 Å².